The van der Waals surface area contributed by atoms with Crippen molar-refractivity contribution in [1.82, 2.24) is 15.1 Å². The Morgan fingerprint density at radius 3 is 2.52 bits per heavy atom. The first-order chi connectivity index (χ1) is 14.8. The van der Waals surface area contributed by atoms with Gasteiger partial charge < -0.3 is 29.9 Å². The van der Waals surface area contributed by atoms with E-state index in [1.807, 2.05) is 50.9 Å². The number of hydrogen-bond acceptors (Lipinski definition) is 5. The average Bonchev–Trinajstić information content (AvgIpc) is 2.74. The summed E-state index contributed by atoms with van der Waals surface area (Å²) in [5.41, 5.74) is 0.415. The molecule has 31 heavy (non-hydrogen) atoms. The molecule has 2 aliphatic rings. The molecular formula is C23H37N5O3. The zero-order valence-electron chi connectivity index (χ0n) is 19.3. The molecule has 0 bridgehead atoms. The normalized spacial score (nSPS) is 20.6. The summed E-state index contributed by atoms with van der Waals surface area (Å²) < 4.78 is 5.53. The SMILES string of the molecule is CN=C(NCC1CCCN(C(=O)OC(C)(C)C)C1)N1CCN(c2ccccc2O)CC1. The quantitative estimate of drug-likeness (QED) is 0.566. The number of piperazine rings is 1. The highest BCUT2D eigenvalue weighted by Gasteiger charge is 2.28. The van der Waals surface area contributed by atoms with E-state index in [0.717, 1.165) is 63.8 Å². The summed E-state index contributed by atoms with van der Waals surface area (Å²) in [6.07, 6.45) is 1.86. The number of aromatic hydroxyl groups is 1. The minimum Gasteiger partial charge on any atom is -0.506 e. The van der Waals surface area contributed by atoms with Crippen LogP contribution in [0.3, 0.4) is 0 Å². The van der Waals surface area contributed by atoms with Gasteiger partial charge >= 0.3 is 6.09 Å². The third kappa shape index (κ3) is 6.42. The Morgan fingerprint density at radius 2 is 1.87 bits per heavy atom. The molecule has 8 heteroatoms. The van der Waals surface area contributed by atoms with Gasteiger partial charge in [0.1, 0.15) is 11.4 Å². The van der Waals surface area contributed by atoms with Crippen LogP contribution < -0.4 is 10.2 Å². The number of hydrogen-bond donors (Lipinski definition) is 2. The molecule has 0 saturated carbocycles. The highest BCUT2D eigenvalue weighted by Crippen LogP contribution is 2.27. The third-order valence-electron chi connectivity index (χ3n) is 5.73. The van der Waals surface area contributed by atoms with Gasteiger partial charge in [-0.3, -0.25) is 4.99 Å². The van der Waals surface area contributed by atoms with Crippen molar-refractivity contribution in [2.24, 2.45) is 10.9 Å². The predicted molar refractivity (Wildman–Crippen MR) is 124 cm³/mol. The lowest BCUT2D eigenvalue weighted by atomic mass is 9.98. The van der Waals surface area contributed by atoms with Crippen molar-refractivity contribution in [1.29, 1.82) is 0 Å². The maximum atomic E-state index is 12.4. The van der Waals surface area contributed by atoms with Crippen LogP contribution in [0.5, 0.6) is 5.75 Å². The molecule has 0 radical (unpaired) electrons. The number of phenolic OH excluding ortho intramolecular Hbond substituents is 1. The van der Waals surface area contributed by atoms with Gasteiger partial charge in [0.05, 0.1) is 5.69 Å². The van der Waals surface area contributed by atoms with Crippen LogP contribution in [-0.2, 0) is 4.74 Å². The highest BCUT2D eigenvalue weighted by atomic mass is 16.6. The first kappa shape index (κ1) is 23.0. The summed E-state index contributed by atoms with van der Waals surface area (Å²) in [7, 11) is 1.81. The summed E-state index contributed by atoms with van der Waals surface area (Å²) in [6.45, 7) is 11.3. The van der Waals surface area contributed by atoms with Crippen molar-refractivity contribution < 1.29 is 14.6 Å². The lowest BCUT2D eigenvalue weighted by Gasteiger charge is -2.38. The zero-order valence-corrected chi connectivity index (χ0v) is 19.3. The molecule has 1 aromatic rings. The number of nitrogens with zero attached hydrogens (tertiary/aromatic N) is 4. The standard InChI is InChI=1S/C23H37N5O3/c1-23(2,3)31-22(30)28-11-7-8-18(17-28)16-25-21(24-4)27-14-12-26(13-15-27)19-9-5-6-10-20(19)29/h5-6,9-10,18,29H,7-8,11-17H2,1-4H3,(H,24,25). The number of carbonyl (C=O) groups is 1. The Morgan fingerprint density at radius 1 is 1.16 bits per heavy atom. The maximum Gasteiger partial charge on any atom is 0.410 e. The first-order valence-electron chi connectivity index (χ1n) is 11.2. The van der Waals surface area contributed by atoms with Crippen LogP contribution in [0.15, 0.2) is 29.3 Å². The minimum absolute atomic E-state index is 0.220. The van der Waals surface area contributed by atoms with Crippen molar-refractivity contribution in [2.75, 3.05) is 57.8 Å². The number of carbonyl (C=O) groups excluding carboxylic acids is 1. The second-order valence-corrected chi connectivity index (χ2v) is 9.33. The summed E-state index contributed by atoms with van der Waals surface area (Å²) in [4.78, 5) is 23.2. The van der Waals surface area contributed by atoms with Gasteiger partial charge in [-0.25, -0.2) is 4.79 Å². The maximum absolute atomic E-state index is 12.4. The number of phenols is 1. The van der Waals surface area contributed by atoms with E-state index in [1.165, 1.54) is 0 Å². The number of para-hydroxylation sites is 2. The molecule has 1 amide bonds. The molecule has 3 rings (SSSR count). The molecule has 1 unspecified atom stereocenters. The van der Waals surface area contributed by atoms with E-state index < -0.39 is 5.60 Å². The largest absolute Gasteiger partial charge is 0.506 e. The molecule has 2 fully saturated rings. The van der Waals surface area contributed by atoms with E-state index >= 15 is 0 Å². The molecular weight excluding hydrogens is 394 g/mol. The number of anilines is 1. The number of amides is 1. The van der Waals surface area contributed by atoms with E-state index in [9.17, 15) is 9.90 Å². The molecule has 172 valence electrons. The molecule has 2 heterocycles. The number of piperidine rings is 1. The van der Waals surface area contributed by atoms with Gasteiger partial charge in [0, 0.05) is 52.9 Å². The summed E-state index contributed by atoms with van der Waals surface area (Å²) in [5, 5.41) is 13.6. The van der Waals surface area contributed by atoms with Gasteiger partial charge in [-0.2, -0.15) is 0 Å². The van der Waals surface area contributed by atoms with E-state index in [2.05, 4.69) is 20.1 Å². The van der Waals surface area contributed by atoms with Gasteiger partial charge in [-0.05, 0) is 51.7 Å². The molecule has 1 atom stereocenters. The Kier molecular flexibility index (Phi) is 7.51. The third-order valence-corrected chi connectivity index (χ3v) is 5.73. The Balaban J connectivity index is 1.47. The predicted octanol–water partition coefficient (Wildman–Crippen LogP) is 2.74. The zero-order chi connectivity index (χ0) is 22.4. The van der Waals surface area contributed by atoms with Crippen LogP contribution >= 0.6 is 0 Å². The summed E-state index contributed by atoms with van der Waals surface area (Å²) >= 11 is 0. The lowest BCUT2D eigenvalue weighted by Crippen LogP contribution is -2.54. The van der Waals surface area contributed by atoms with E-state index in [-0.39, 0.29) is 6.09 Å². The van der Waals surface area contributed by atoms with Gasteiger partial charge in [0.25, 0.3) is 0 Å². The molecule has 0 aromatic heterocycles. The molecule has 0 aliphatic carbocycles. The fourth-order valence-electron chi connectivity index (χ4n) is 4.18. The van der Waals surface area contributed by atoms with E-state index in [4.69, 9.17) is 4.74 Å². The van der Waals surface area contributed by atoms with Crippen LogP contribution in [0.2, 0.25) is 0 Å². The molecule has 2 N–H and O–H groups in total. The van der Waals surface area contributed by atoms with Crippen molar-refractivity contribution in [3.05, 3.63) is 24.3 Å². The van der Waals surface area contributed by atoms with Gasteiger partial charge in [0.15, 0.2) is 5.96 Å². The molecule has 2 saturated heterocycles. The van der Waals surface area contributed by atoms with Crippen molar-refractivity contribution in [2.45, 2.75) is 39.2 Å². The number of ether oxygens (including phenoxy) is 1. The second-order valence-electron chi connectivity index (χ2n) is 9.33. The number of aliphatic imine (C=N–C) groups is 1. The number of guanidine groups is 1. The van der Waals surface area contributed by atoms with Gasteiger partial charge in [0.2, 0.25) is 0 Å². The number of rotatable bonds is 3. The Hall–Kier alpha value is -2.64. The molecule has 0 spiro atoms. The van der Waals surface area contributed by atoms with E-state index in [0.29, 0.717) is 18.2 Å². The smallest absolute Gasteiger partial charge is 0.410 e. The monoisotopic (exact) mass is 431 g/mol. The van der Waals surface area contributed by atoms with Crippen LogP contribution in [0.25, 0.3) is 0 Å². The van der Waals surface area contributed by atoms with Crippen LogP contribution in [-0.4, -0.2) is 85.4 Å². The second kappa shape index (κ2) is 10.1. The average molecular weight is 432 g/mol. The fourth-order valence-corrected chi connectivity index (χ4v) is 4.18. The highest BCUT2D eigenvalue weighted by molar-refractivity contribution is 5.80. The molecule has 8 nitrogen and oxygen atoms in total. The first-order valence-corrected chi connectivity index (χ1v) is 11.2. The van der Waals surface area contributed by atoms with Crippen molar-refractivity contribution in [3.63, 3.8) is 0 Å². The van der Waals surface area contributed by atoms with Crippen LogP contribution in [0.4, 0.5) is 10.5 Å². The number of benzene rings is 1. The summed E-state index contributed by atoms with van der Waals surface area (Å²) in [6, 6.07) is 7.48. The van der Waals surface area contributed by atoms with Crippen LogP contribution in [0.1, 0.15) is 33.6 Å². The molecule has 2 aliphatic heterocycles. The van der Waals surface area contributed by atoms with Crippen molar-refractivity contribution >= 4 is 17.7 Å². The number of likely N-dealkylation sites (tertiary alicyclic amines) is 1. The summed E-state index contributed by atoms with van der Waals surface area (Å²) in [5.74, 6) is 1.59. The van der Waals surface area contributed by atoms with Crippen LogP contribution in [0, 0.1) is 5.92 Å². The lowest BCUT2D eigenvalue weighted by molar-refractivity contribution is 0.0168. The molecule has 1 aromatic carbocycles. The topological polar surface area (TPSA) is 80.6 Å². The van der Waals surface area contributed by atoms with Crippen molar-refractivity contribution in [3.8, 4) is 5.75 Å². The van der Waals surface area contributed by atoms with E-state index in [1.54, 1.807) is 6.07 Å². The van der Waals surface area contributed by atoms with Gasteiger partial charge in [-0.1, -0.05) is 12.1 Å². The Labute approximate surface area is 185 Å². The fraction of sp³-hybridized carbons (Fsp3) is 0.652. The minimum atomic E-state index is -0.469. The Bertz CT molecular complexity index is 769. The van der Waals surface area contributed by atoms with Gasteiger partial charge in [-0.15, -0.1) is 0 Å². The number of nitrogens with one attached hydrogen (secondary N) is 1.